The molecule has 0 N–H and O–H groups in total. The number of alkyl halides is 1. The van der Waals surface area contributed by atoms with Crippen LogP contribution in [0.2, 0.25) is 0 Å². The van der Waals surface area contributed by atoms with Crippen LogP contribution < -0.4 is 0 Å². The third kappa shape index (κ3) is 2.58. The van der Waals surface area contributed by atoms with Gasteiger partial charge in [0.05, 0.1) is 4.83 Å². The normalized spacial score (nSPS) is 17.4. The van der Waals surface area contributed by atoms with E-state index in [0.29, 0.717) is 11.8 Å². The predicted molar refractivity (Wildman–Crippen MR) is 60.9 cm³/mol. The molecule has 0 radical (unpaired) electrons. The number of nitrogens with zero attached hydrogens (tertiary/aromatic N) is 2. The van der Waals surface area contributed by atoms with Gasteiger partial charge in [0.25, 0.3) is 0 Å². The molecule has 0 aromatic carbocycles. The van der Waals surface area contributed by atoms with E-state index in [-0.39, 0.29) is 4.83 Å². The summed E-state index contributed by atoms with van der Waals surface area (Å²) in [5.41, 5.74) is -0.480. The number of rotatable bonds is 5. The maximum Gasteiger partial charge on any atom is 0.247 e. The summed E-state index contributed by atoms with van der Waals surface area (Å²) in [5.74, 6) is 1.16. The summed E-state index contributed by atoms with van der Waals surface area (Å²) < 4.78 is 11.0. The van der Waals surface area contributed by atoms with E-state index in [0.717, 1.165) is 12.8 Å². The van der Waals surface area contributed by atoms with Crippen molar-refractivity contribution in [3.05, 3.63) is 11.8 Å². The Morgan fingerprint density at radius 1 is 1.47 bits per heavy atom. The monoisotopic (exact) mass is 276 g/mol. The van der Waals surface area contributed by atoms with Crippen molar-refractivity contribution in [1.82, 2.24) is 10.2 Å². The lowest BCUT2D eigenvalue weighted by Gasteiger charge is -2.21. The summed E-state index contributed by atoms with van der Waals surface area (Å²) in [6.07, 6.45) is 1.71. The van der Waals surface area contributed by atoms with Crippen LogP contribution in [0, 0.1) is 0 Å². The Bertz CT molecular complexity index is 310. The van der Waals surface area contributed by atoms with Crippen molar-refractivity contribution in [1.29, 1.82) is 0 Å². The highest BCUT2D eigenvalue weighted by Gasteiger charge is 2.31. The first-order chi connectivity index (χ1) is 7.07. The van der Waals surface area contributed by atoms with Crippen LogP contribution in [0.1, 0.15) is 50.2 Å². The first kappa shape index (κ1) is 12.6. The van der Waals surface area contributed by atoms with E-state index in [1.54, 1.807) is 7.11 Å². The summed E-state index contributed by atoms with van der Waals surface area (Å²) in [7, 11) is 1.65. The molecule has 15 heavy (non-hydrogen) atoms. The second kappa shape index (κ2) is 5.07. The lowest BCUT2D eigenvalue weighted by molar-refractivity contribution is -0.0242. The summed E-state index contributed by atoms with van der Waals surface area (Å²) in [5, 5.41) is 8.03. The van der Waals surface area contributed by atoms with Crippen molar-refractivity contribution in [2.75, 3.05) is 7.11 Å². The first-order valence-corrected chi connectivity index (χ1v) is 6.02. The smallest absolute Gasteiger partial charge is 0.247 e. The number of methoxy groups -OCH3 is 1. The molecule has 86 valence electrons. The summed E-state index contributed by atoms with van der Waals surface area (Å²) in [6, 6.07) is 0. The van der Waals surface area contributed by atoms with E-state index < -0.39 is 5.60 Å². The van der Waals surface area contributed by atoms with Gasteiger partial charge in [-0.1, -0.05) is 29.8 Å². The summed E-state index contributed by atoms with van der Waals surface area (Å²) in [4.78, 5) is 0.122. The average molecular weight is 277 g/mol. The van der Waals surface area contributed by atoms with Gasteiger partial charge in [-0.2, -0.15) is 0 Å². The van der Waals surface area contributed by atoms with E-state index in [9.17, 15) is 0 Å². The second-order valence-electron chi connectivity index (χ2n) is 3.61. The van der Waals surface area contributed by atoms with E-state index in [1.165, 1.54) is 0 Å². The fraction of sp³-hybridized carbons (Fsp3) is 0.800. The maximum atomic E-state index is 5.59. The quantitative estimate of drug-likeness (QED) is 0.775. The molecule has 0 aliphatic heterocycles. The fourth-order valence-electron chi connectivity index (χ4n) is 1.13. The van der Waals surface area contributed by atoms with Crippen molar-refractivity contribution in [2.45, 2.75) is 44.0 Å². The van der Waals surface area contributed by atoms with Gasteiger partial charge in [-0.15, -0.1) is 10.2 Å². The molecule has 0 amide bonds. The second-order valence-corrected chi connectivity index (χ2v) is 4.72. The topological polar surface area (TPSA) is 48.2 Å². The molecule has 2 atom stereocenters. The number of hydrogen-bond acceptors (Lipinski definition) is 4. The van der Waals surface area contributed by atoms with Gasteiger partial charge >= 0.3 is 0 Å². The molecule has 1 aromatic heterocycles. The molecule has 0 fully saturated rings. The first-order valence-electron chi connectivity index (χ1n) is 5.10. The Balaban J connectivity index is 2.92. The Morgan fingerprint density at radius 3 is 2.60 bits per heavy atom. The minimum Gasteiger partial charge on any atom is -0.421 e. The molecule has 2 unspecified atom stereocenters. The van der Waals surface area contributed by atoms with Crippen LogP contribution in [-0.2, 0) is 10.3 Å². The molecule has 1 aromatic rings. The zero-order valence-corrected chi connectivity index (χ0v) is 11.2. The summed E-state index contributed by atoms with van der Waals surface area (Å²) >= 11 is 3.47. The molecule has 0 spiro atoms. The number of halogens is 1. The molecule has 1 rings (SSSR count). The van der Waals surface area contributed by atoms with Gasteiger partial charge in [-0.3, -0.25) is 0 Å². The molecule has 0 aliphatic carbocycles. The predicted octanol–water partition coefficient (Wildman–Crippen LogP) is 3.19. The van der Waals surface area contributed by atoms with Gasteiger partial charge in [0.2, 0.25) is 11.8 Å². The van der Waals surface area contributed by atoms with Crippen molar-refractivity contribution < 1.29 is 9.15 Å². The van der Waals surface area contributed by atoms with Crippen LogP contribution >= 0.6 is 15.9 Å². The lowest BCUT2D eigenvalue weighted by atomic mass is 10.0. The minimum absolute atomic E-state index is 0.122. The van der Waals surface area contributed by atoms with Crippen LogP contribution in [0.5, 0.6) is 0 Å². The molecule has 0 saturated heterocycles. The largest absolute Gasteiger partial charge is 0.421 e. The number of aromatic nitrogens is 2. The molecule has 0 bridgehead atoms. The SMILES string of the molecule is CCC(Br)c1nnc(C(C)(CC)OC)o1. The van der Waals surface area contributed by atoms with E-state index in [1.807, 2.05) is 13.8 Å². The van der Waals surface area contributed by atoms with Crippen LogP contribution in [0.3, 0.4) is 0 Å². The third-order valence-electron chi connectivity index (χ3n) is 2.64. The highest BCUT2D eigenvalue weighted by Crippen LogP contribution is 2.31. The molecule has 1 heterocycles. The molecule has 0 saturated carbocycles. The van der Waals surface area contributed by atoms with Crippen molar-refractivity contribution in [3.8, 4) is 0 Å². The minimum atomic E-state index is -0.480. The molecule has 0 aliphatic rings. The number of hydrogen-bond donors (Lipinski definition) is 0. The highest BCUT2D eigenvalue weighted by molar-refractivity contribution is 9.09. The Hall–Kier alpha value is -0.420. The number of ether oxygens (including phenoxy) is 1. The van der Waals surface area contributed by atoms with E-state index in [2.05, 4.69) is 33.1 Å². The van der Waals surface area contributed by atoms with E-state index in [4.69, 9.17) is 9.15 Å². The van der Waals surface area contributed by atoms with Crippen molar-refractivity contribution >= 4 is 15.9 Å². The van der Waals surface area contributed by atoms with Crippen LogP contribution in [0.25, 0.3) is 0 Å². The van der Waals surface area contributed by atoms with Crippen LogP contribution in [-0.4, -0.2) is 17.3 Å². The lowest BCUT2D eigenvalue weighted by Crippen LogP contribution is -2.23. The third-order valence-corrected chi connectivity index (χ3v) is 3.68. The van der Waals surface area contributed by atoms with Gasteiger partial charge in [0.1, 0.15) is 5.60 Å². The van der Waals surface area contributed by atoms with Crippen molar-refractivity contribution in [2.24, 2.45) is 0 Å². The van der Waals surface area contributed by atoms with Crippen LogP contribution in [0.15, 0.2) is 4.42 Å². The van der Waals surface area contributed by atoms with Gasteiger partial charge in [0, 0.05) is 7.11 Å². The average Bonchev–Trinajstić information content (AvgIpc) is 2.76. The zero-order chi connectivity index (χ0) is 11.5. The standard InChI is InChI=1S/C10H17BrN2O2/c1-5-7(11)8-12-13-9(15-8)10(3,6-2)14-4/h7H,5-6H2,1-4H3. The summed E-state index contributed by atoms with van der Waals surface area (Å²) in [6.45, 7) is 6.02. The Kier molecular flexibility index (Phi) is 4.28. The maximum absolute atomic E-state index is 5.59. The van der Waals surface area contributed by atoms with Gasteiger partial charge < -0.3 is 9.15 Å². The van der Waals surface area contributed by atoms with Gasteiger partial charge in [0.15, 0.2) is 0 Å². The van der Waals surface area contributed by atoms with E-state index >= 15 is 0 Å². The highest BCUT2D eigenvalue weighted by atomic mass is 79.9. The molecular formula is C10H17BrN2O2. The Morgan fingerprint density at radius 2 is 2.13 bits per heavy atom. The Labute approximate surface area is 98.5 Å². The zero-order valence-electron chi connectivity index (χ0n) is 9.58. The molecule has 5 heteroatoms. The van der Waals surface area contributed by atoms with Crippen LogP contribution in [0.4, 0.5) is 0 Å². The van der Waals surface area contributed by atoms with Gasteiger partial charge in [-0.25, -0.2) is 0 Å². The van der Waals surface area contributed by atoms with Crippen molar-refractivity contribution in [3.63, 3.8) is 0 Å². The molecule has 4 nitrogen and oxygen atoms in total. The van der Waals surface area contributed by atoms with Gasteiger partial charge in [-0.05, 0) is 19.8 Å². The fourth-order valence-corrected chi connectivity index (χ4v) is 1.32. The molecular weight excluding hydrogens is 260 g/mol.